The summed E-state index contributed by atoms with van der Waals surface area (Å²) in [4.78, 5) is 0.303. The summed E-state index contributed by atoms with van der Waals surface area (Å²) in [6, 6.07) is 7.58. The number of rotatable bonds is 5. The fourth-order valence-corrected chi connectivity index (χ4v) is 4.58. The Morgan fingerprint density at radius 1 is 1.18 bits per heavy atom. The maximum absolute atomic E-state index is 12.4. The van der Waals surface area contributed by atoms with Crippen LogP contribution in [0.5, 0.6) is 5.75 Å². The number of fused-ring (bicyclic) bond motifs is 2. The van der Waals surface area contributed by atoms with Gasteiger partial charge in [-0.2, -0.15) is 0 Å². The quantitative estimate of drug-likeness (QED) is 0.856. The van der Waals surface area contributed by atoms with Crippen molar-refractivity contribution in [2.24, 2.45) is 0 Å². The first-order chi connectivity index (χ1) is 10.1. The zero-order chi connectivity index (χ0) is 14.9. The van der Waals surface area contributed by atoms with E-state index in [2.05, 4.69) is 10.0 Å². The Kier molecular flexibility index (Phi) is 5.71. The zero-order valence-corrected chi connectivity index (χ0v) is 14.3. The van der Waals surface area contributed by atoms with Crippen molar-refractivity contribution < 1.29 is 13.2 Å². The smallest absolute Gasteiger partial charge is 0.240 e. The lowest BCUT2D eigenvalue weighted by Gasteiger charge is -2.29. The molecule has 3 rings (SSSR count). The van der Waals surface area contributed by atoms with Crippen molar-refractivity contribution >= 4 is 22.4 Å². The minimum Gasteiger partial charge on any atom is -0.494 e. The van der Waals surface area contributed by atoms with E-state index in [4.69, 9.17) is 4.74 Å². The number of halogens is 1. The van der Waals surface area contributed by atoms with Crippen molar-refractivity contribution in [1.82, 2.24) is 10.0 Å². The molecule has 5 nitrogen and oxygen atoms in total. The van der Waals surface area contributed by atoms with Gasteiger partial charge in [0.25, 0.3) is 0 Å². The molecular formula is C15H23ClN2O3S. The Morgan fingerprint density at radius 3 is 2.32 bits per heavy atom. The van der Waals surface area contributed by atoms with Crippen LogP contribution in [0.2, 0.25) is 0 Å². The SMILES string of the molecule is CCOc1ccc(S(=O)(=O)NC2CC3CCC(C2)N3)cc1.Cl. The Hall–Kier alpha value is -0.820. The number of ether oxygens (including phenoxy) is 1. The molecular weight excluding hydrogens is 324 g/mol. The third-order valence-corrected chi connectivity index (χ3v) is 5.78. The van der Waals surface area contributed by atoms with Crippen molar-refractivity contribution in [2.75, 3.05) is 6.61 Å². The number of hydrogen-bond acceptors (Lipinski definition) is 4. The van der Waals surface area contributed by atoms with Crippen LogP contribution in [0.1, 0.15) is 32.6 Å². The predicted octanol–water partition coefficient (Wildman–Crippen LogP) is 2.07. The second-order valence-corrected chi connectivity index (χ2v) is 7.55. The van der Waals surface area contributed by atoms with E-state index < -0.39 is 10.0 Å². The van der Waals surface area contributed by atoms with Crippen molar-refractivity contribution in [2.45, 2.75) is 55.6 Å². The summed E-state index contributed by atoms with van der Waals surface area (Å²) >= 11 is 0. The van der Waals surface area contributed by atoms with Gasteiger partial charge in [0.15, 0.2) is 0 Å². The highest BCUT2D eigenvalue weighted by molar-refractivity contribution is 7.89. The average Bonchev–Trinajstić information content (AvgIpc) is 2.78. The van der Waals surface area contributed by atoms with Gasteiger partial charge in [-0.25, -0.2) is 13.1 Å². The molecule has 1 aromatic carbocycles. The Balaban J connectivity index is 0.00000176. The van der Waals surface area contributed by atoms with E-state index in [1.54, 1.807) is 24.3 Å². The highest BCUT2D eigenvalue weighted by atomic mass is 35.5. The molecule has 2 atom stereocenters. The summed E-state index contributed by atoms with van der Waals surface area (Å²) in [5.74, 6) is 0.691. The first-order valence-corrected chi connectivity index (χ1v) is 9.06. The minimum absolute atomic E-state index is 0. The molecule has 22 heavy (non-hydrogen) atoms. The molecule has 1 aromatic rings. The normalized spacial score (nSPS) is 27.2. The van der Waals surface area contributed by atoms with Crippen molar-refractivity contribution in [3.8, 4) is 5.75 Å². The van der Waals surface area contributed by atoms with Crippen LogP contribution in [0.25, 0.3) is 0 Å². The second-order valence-electron chi connectivity index (χ2n) is 5.83. The predicted molar refractivity (Wildman–Crippen MR) is 88.1 cm³/mol. The van der Waals surface area contributed by atoms with Gasteiger partial charge in [-0.1, -0.05) is 0 Å². The number of nitrogens with one attached hydrogen (secondary N) is 2. The van der Waals surface area contributed by atoms with Crippen LogP contribution in [0.3, 0.4) is 0 Å². The van der Waals surface area contributed by atoms with E-state index in [0.29, 0.717) is 29.3 Å². The summed E-state index contributed by atoms with van der Waals surface area (Å²) in [5.41, 5.74) is 0. The van der Waals surface area contributed by atoms with E-state index in [0.717, 1.165) is 25.7 Å². The molecule has 0 aliphatic carbocycles. The highest BCUT2D eigenvalue weighted by Gasteiger charge is 2.35. The molecule has 2 heterocycles. The van der Waals surface area contributed by atoms with Crippen molar-refractivity contribution in [3.05, 3.63) is 24.3 Å². The highest BCUT2D eigenvalue weighted by Crippen LogP contribution is 2.28. The molecule has 7 heteroatoms. The Morgan fingerprint density at radius 2 is 1.77 bits per heavy atom. The fraction of sp³-hybridized carbons (Fsp3) is 0.600. The standard InChI is InChI=1S/C15H22N2O3S.ClH/c1-2-20-14-5-7-15(8-6-14)21(18,19)17-13-9-11-3-4-12(10-13)16-11;/h5-8,11-13,16-17H,2-4,9-10H2,1H3;1H. The van der Waals surface area contributed by atoms with E-state index in [-0.39, 0.29) is 18.4 Å². The van der Waals surface area contributed by atoms with Crippen molar-refractivity contribution in [1.29, 1.82) is 0 Å². The topological polar surface area (TPSA) is 67.4 Å². The van der Waals surface area contributed by atoms with Crippen LogP contribution in [-0.4, -0.2) is 33.2 Å². The Bertz CT molecular complexity index is 579. The maximum Gasteiger partial charge on any atom is 0.240 e. The molecule has 2 aliphatic rings. The summed E-state index contributed by atoms with van der Waals surface area (Å²) in [7, 11) is -3.44. The summed E-state index contributed by atoms with van der Waals surface area (Å²) in [5, 5.41) is 3.52. The molecule has 2 aliphatic heterocycles. The molecule has 2 unspecified atom stereocenters. The number of benzene rings is 1. The molecule has 0 radical (unpaired) electrons. The van der Waals surface area contributed by atoms with Crippen LogP contribution in [0, 0.1) is 0 Å². The molecule has 124 valence electrons. The summed E-state index contributed by atoms with van der Waals surface area (Å²) in [6.07, 6.45) is 4.08. The summed E-state index contributed by atoms with van der Waals surface area (Å²) in [6.45, 7) is 2.47. The third kappa shape index (κ3) is 3.93. The summed E-state index contributed by atoms with van der Waals surface area (Å²) < 4.78 is 33.1. The van der Waals surface area contributed by atoms with E-state index in [1.165, 1.54) is 0 Å². The van der Waals surface area contributed by atoms with Crippen LogP contribution in [-0.2, 0) is 10.0 Å². The molecule has 2 saturated heterocycles. The largest absolute Gasteiger partial charge is 0.494 e. The van der Waals surface area contributed by atoms with E-state index in [1.807, 2.05) is 6.92 Å². The van der Waals surface area contributed by atoms with Crippen LogP contribution >= 0.6 is 12.4 Å². The van der Waals surface area contributed by atoms with Gasteiger partial charge in [-0.15, -0.1) is 12.4 Å². The van der Waals surface area contributed by atoms with Gasteiger partial charge in [0.2, 0.25) is 10.0 Å². The van der Waals surface area contributed by atoms with Crippen LogP contribution in [0.4, 0.5) is 0 Å². The van der Waals surface area contributed by atoms with Crippen molar-refractivity contribution in [3.63, 3.8) is 0 Å². The maximum atomic E-state index is 12.4. The van der Waals surface area contributed by atoms with Gasteiger partial charge in [-0.05, 0) is 56.9 Å². The lowest BCUT2D eigenvalue weighted by Crippen LogP contribution is -2.47. The van der Waals surface area contributed by atoms with Gasteiger partial charge in [-0.3, -0.25) is 0 Å². The van der Waals surface area contributed by atoms with Gasteiger partial charge < -0.3 is 10.1 Å². The van der Waals surface area contributed by atoms with Gasteiger partial charge in [0.05, 0.1) is 11.5 Å². The first kappa shape index (κ1) is 17.5. The lowest BCUT2D eigenvalue weighted by atomic mass is 10.0. The van der Waals surface area contributed by atoms with Crippen LogP contribution < -0.4 is 14.8 Å². The number of piperidine rings is 1. The van der Waals surface area contributed by atoms with Crippen LogP contribution in [0.15, 0.2) is 29.2 Å². The number of sulfonamides is 1. The van der Waals surface area contributed by atoms with E-state index in [9.17, 15) is 8.42 Å². The second kappa shape index (κ2) is 7.17. The van der Waals surface area contributed by atoms with Gasteiger partial charge in [0, 0.05) is 18.1 Å². The molecule has 2 N–H and O–H groups in total. The first-order valence-electron chi connectivity index (χ1n) is 7.58. The average molecular weight is 347 g/mol. The molecule has 0 aromatic heterocycles. The lowest BCUT2D eigenvalue weighted by molar-refractivity contribution is 0.340. The molecule has 2 fully saturated rings. The molecule has 2 bridgehead atoms. The fourth-order valence-electron chi connectivity index (χ4n) is 3.32. The van der Waals surface area contributed by atoms with Gasteiger partial charge in [0.1, 0.15) is 5.75 Å². The molecule has 0 saturated carbocycles. The third-order valence-electron chi connectivity index (χ3n) is 4.24. The minimum atomic E-state index is -3.44. The number of hydrogen-bond donors (Lipinski definition) is 2. The van der Waals surface area contributed by atoms with E-state index >= 15 is 0 Å². The monoisotopic (exact) mass is 346 g/mol. The molecule has 0 amide bonds. The van der Waals surface area contributed by atoms with Gasteiger partial charge >= 0.3 is 0 Å². The Labute approximate surface area is 138 Å². The molecule has 0 spiro atoms. The zero-order valence-electron chi connectivity index (χ0n) is 12.6.